The monoisotopic (exact) mass is 194 g/mol. The van der Waals surface area contributed by atoms with E-state index < -0.39 is 0 Å². The number of hydrogen-bond acceptors (Lipinski definition) is 2. The van der Waals surface area contributed by atoms with Crippen LogP contribution in [0.2, 0.25) is 0 Å². The number of pyridine rings is 1. The smallest absolute Gasteiger partial charge is 0.250 e. The van der Waals surface area contributed by atoms with E-state index in [0.29, 0.717) is 12.5 Å². The zero-order valence-corrected chi connectivity index (χ0v) is 8.81. The van der Waals surface area contributed by atoms with Crippen LogP contribution in [0.25, 0.3) is 0 Å². The number of rotatable bonds is 4. The molecule has 1 heterocycles. The van der Waals surface area contributed by atoms with Gasteiger partial charge in [0.2, 0.25) is 0 Å². The molecule has 2 N–H and O–H groups in total. The quantitative estimate of drug-likeness (QED) is 0.783. The molecule has 3 heteroatoms. The highest BCUT2D eigenvalue weighted by atomic mass is 16.1. The van der Waals surface area contributed by atoms with Gasteiger partial charge in [-0.2, -0.15) is 0 Å². The van der Waals surface area contributed by atoms with Crippen molar-refractivity contribution in [3.63, 3.8) is 0 Å². The molecule has 0 spiro atoms. The number of nitrogens with two attached hydrogens (primary N) is 1. The third-order valence-electron chi connectivity index (χ3n) is 2.68. The first-order chi connectivity index (χ1) is 6.65. The molecule has 0 saturated carbocycles. The second kappa shape index (κ2) is 4.96. The predicted molar refractivity (Wildman–Crippen MR) is 58.1 cm³/mol. The Morgan fingerprint density at radius 3 is 2.79 bits per heavy atom. The Kier molecular flexibility index (Phi) is 3.89. The molecule has 0 saturated heterocycles. The van der Waals surface area contributed by atoms with Crippen LogP contribution in [-0.4, -0.2) is 10.6 Å². The van der Waals surface area contributed by atoms with Gasteiger partial charge in [0.05, 0.1) is 0 Å². The van der Waals surface area contributed by atoms with E-state index in [-0.39, 0.29) is 11.6 Å². The molecule has 0 amide bonds. The van der Waals surface area contributed by atoms with E-state index in [1.165, 1.54) is 0 Å². The third-order valence-corrected chi connectivity index (χ3v) is 2.68. The molecule has 0 bridgehead atoms. The summed E-state index contributed by atoms with van der Waals surface area (Å²) in [6.45, 7) is 4.83. The number of hydrogen-bond donors (Lipinski definition) is 1. The summed E-state index contributed by atoms with van der Waals surface area (Å²) >= 11 is 0. The van der Waals surface area contributed by atoms with Crippen LogP contribution < -0.4 is 11.3 Å². The maximum absolute atomic E-state index is 11.4. The molecule has 0 aliphatic heterocycles. The summed E-state index contributed by atoms with van der Waals surface area (Å²) in [4.78, 5) is 11.4. The summed E-state index contributed by atoms with van der Waals surface area (Å²) in [5.74, 6) is 0.446. The Bertz CT molecular complexity index is 332. The van der Waals surface area contributed by atoms with Gasteiger partial charge in [-0.25, -0.2) is 0 Å². The van der Waals surface area contributed by atoms with Gasteiger partial charge in [0.1, 0.15) is 0 Å². The standard InChI is InChI=1S/C11H18N2O/c1-3-9(2)10(12)8-13-7-5-4-6-11(13)14/h4-7,9-10H,3,8,12H2,1-2H3. The van der Waals surface area contributed by atoms with Crippen LogP contribution in [0.3, 0.4) is 0 Å². The molecule has 1 rings (SSSR count). The first kappa shape index (κ1) is 11.0. The van der Waals surface area contributed by atoms with Gasteiger partial charge in [-0.05, 0) is 12.0 Å². The molecule has 3 nitrogen and oxygen atoms in total. The van der Waals surface area contributed by atoms with Gasteiger partial charge in [-0.3, -0.25) is 4.79 Å². The SMILES string of the molecule is CCC(C)C(N)Cn1ccccc1=O. The average Bonchev–Trinajstić information content (AvgIpc) is 2.20. The Labute approximate surface area is 84.6 Å². The molecule has 2 unspecified atom stereocenters. The summed E-state index contributed by atoms with van der Waals surface area (Å²) in [6, 6.07) is 5.21. The Balaban J connectivity index is 2.69. The molecule has 0 aliphatic carbocycles. The normalized spacial score (nSPS) is 15.1. The molecule has 0 fully saturated rings. The summed E-state index contributed by atoms with van der Waals surface area (Å²) in [5, 5.41) is 0. The highest BCUT2D eigenvalue weighted by Gasteiger charge is 2.11. The lowest BCUT2D eigenvalue weighted by atomic mass is 10.0. The Morgan fingerprint density at radius 2 is 2.21 bits per heavy atom. The van der Waals surface area contributed by atoms with Crippen molar-refractivity contribution in [2.24, 2.45) is 11.7 Å². The van der Waals surface area contributed by atoms with Crippen molar-refractivity contribution in [1.82, 2.24) is 4.57 Å². The largest absolute Gasteiger partial charge is 0.326 e. The van der Waals surface area contributed by atoms with Crippen LogP contribution >= 0.6 is 0 Å². The van der Waals surface area contributed by atoms with Crippen molar-refractivity contribution in [3.05, 3.63) is 34.7 Å². The van der Waals surface area contributed by atoms with E-state index >= 15 is 0 Å². The number of nitrogens with zero attached hydrogens (tertiary/aromatic N) is 1. The van der Waals surface area contributed by atoms with Crippen LogP contribution in [0.4, 0.5) is 0 Å². The van der Waals surface area contributed by atoms with Crippen LogP contribution in [0.1, 0.15) is 20.3 Å². The summed E-state index contributed by atoms with van der Waals surface area (Å²) in [5.41, 5.74) is 5.99. The molecule has 0 radical (unpaired) electrons. The maximum Gasteiger partial charge on any atom is 0.250 e. The fraction of sp³-hybridized carbons (Fsp3) is 0.545. The molecule has 2 atom stereocenters. The summed E-state index contributed by atoms with van der Waals surface area (Å²) in [7, 11) is 0. The molecule has 1 aromatic rings. The lowest BCUT2D eigenvalue weighted by Gasteiger charge is -2.19. The average molecular weight is 194 g/mol. The minimum absolute atomic E-state index is 0.0197. The number of aromatic nitrogens is 1. The summed E-state index contributed by atoms with van der Waals surface area (Å²) in [6.07, 6.45) is 2.83. The van der Waals surface area contributed by atoms with Gasteiger partial charge in [0, 0.05) is 24.8 Å². The van der Waals surface area contributed by atoms with Gasteiger partial charge in [-0.15, -0.1) is 0 Å². The minimum atomic E-state index is 0.0197. The van der Waals surface area contributed by atoms with Gasteiger partial charge in [0.15, 0.2) is 0 Å². The predicted octanol–water partition coefficient (Wildman–Crippen LogP) is 1.22. The molecule has 0 aromatic carbocycles. The lowest BCUT2D eigenvalue weighted by Crippen LogP contribution is -2.36. The molecule has 1 aromatic heterocycles. The molecular weight excluding hydrogens is 176 g/mol. The fourth-order valence-electron chi connectivity index (χ4n) is 1.32. The highest BCUT2D eigenvalue weighted by Crippen LogP contribution is 2.06. The summed E-state index contributed by atoms with van der Waals surface area (Å²) < 4.78 is 1.66. The third kappa shape index (κ3) is 2.70. The van der Waals surface area contributed by atoms with Crippen molar-refractivity contribution in [2.75, 3.05) is 0 Å². The van der Waals surface area contributed by atoms with Gasteiger partial charge >= 0.3 is 0 Å². The molecule has 78 valence electrons. The Morgan fingerprint density at radius 1 is 1.50 bits per heavy atom. The van der Waals surface area contributed by atoms with E-state index in [0.717, 1.165) is 6.42 Å². The second-order valence-corrected chi connectivity index (χ2v) is 3.74. The minimum Gasteiger partial charge on any atom is -0.326 e. The van der Waals surface area contributed by atoms with Crippen molar-refractivity contribution in [2.45, 2.75) is 32.9 Å². The van der Waals surface area contributed by atoms with Crippen molar-refractivity contribution in [1.29, 1.82) is 0 Å². The fourth-order valence-corrected chi connectivity index (χ4v) is 1.32. The Hall–Kier alpha value is -1.09. The first-order valence-electron chi connectivity index (χ1n) is 5.06. The zero-order chi connectivity index (χ0) is 10.6. The molecule has 0 aliphatic rings. The van der Waals surface area contributed by atoms with Crippen LogP contribution in [-0.2, 0) is 6.54 Å². The zero-order valence-electron chi connectivity index (χ0n) is 8.81. The van der Waals surface area contributed by atoms with E-state index in [1.54, 1.807) is 22.9 Å². The molecule has 14 heavy (non-hydrogen) atoms. The van der Waals surface area contributed by atoms with E-state index in [9.17, 15) is 4.79 Å². The van der Waals surface area contributed by atoms with Gasteiger partial charge in [0.25, 0.3) is 5.56 Å². The van der Waals surface area contributed by atoms with Gasteiger partial charge < -0.3 is 10.3 Å². The second-order valence-electron chi connectivity index (χ2n) is 3.74. The van der Waals surface area contributed by atoms with Crippen LogP contribution in [0.15, 0.2) is 29.2 Å². The molecular formula is C11H18N2O. The maximum atomic E-state index is 11.4. The van der Waals surface area contributed by atoms with E-state index in [1.807, 2.05) is 6.07 Å². The lowest BCUT2D eigenvalue weighted by molar-refractivity contribution is 0.392. The van der Waals surface area contributed by atoms with Crippen LogP contribution in [0, 0.1) is 5.92 Å². The topological polar surface area (TPSA) is 48.0 Å². The van der Waals surface area contributed by atoms with Crippen molar-refractivity contribution >= 4 is 0 Å². The van der Waals surface area contributed by atoms with Crippen LogP contribution in [0.5, 0.6) is 0 Å². The first-order valence-corrected chi connectivity index (χ1v) is 5.06. The highest BCUT2D eigenvalue weighted by molar-refractivity contribution is 4.93. The van der Waals surface area contributed by atoms with Crippen molar-refractivity contribution in [3.8, 4) is 0 Å². The van der Waals surface area contributed by atoms with E-state index in [4.69, 9.17) is 5.73 Å². The van der Waals surface area contributed by atoms with Crippen molar-refractivity contribution < 1.29 is 0 Å². The van der Waals surface area contributed by atoms with Gasteiger partial charge in [-0.1, -0.05) is 26.3 Å². The van der Waals surface area contributed by atoms with E-state index in [2.05, 4.69) is 13.8 Å².